The lowest BCUT2D eigenvalue weighted by molar-refractivity contribution is -0.109. The van der Waals surface area contributed by atoms with Crippen molar-refractivity contribution < 1.29 is 24.2 Å². The molecule has 55 heavy (non-hydrogen) atoms. The average molecular weight is 783 g/mol. The number of anilines is 1. The van der Waals surface area contributed by atoms with Crippen LogP contribution in [-0.2, 0) is 24.8 Å². The number of aromatic carboxylic acids is 1. The van der Waals surface area contributed by atoms with Gasteiger partial charge in [0.2, 0.25) is 0 Å². The molecule has 3 aromatic carbocycles. The lowest BCUT2D eigenvalue weighted by Gasteiger charge is -2.38. The molecule has 0 aliphatic carbocycles. The van der Waals surface area contributed by atoms with E-state index in [9.17, 15) is 9.90 Å². The Morgan fingerprint density at radius 2 is 1.76 bits per heavy atom. The van der Waals surface area contributed by atoms with Crippen LogP contribution < -0.4 is 9.64 Å². The first-order valence-corrected chi connectivity index (χ1v) is 19.4. The second-order valence-electron chi connectivity index (χ2n) is 15.8. The normalized spacial score (nSPS) is 16.6. The third kappa shape index (κ3) is 6.19. The molecule has 2 aliphatic rings. The molecule has 1 atom stereocenters. The van der Waals surface area contributed by atoms with E-state index in [4.69, 9.17) is 37.8 Å². The lowest BCUT2D eigenvalue weighted by Crippen LogP contribution is -2.43. The van der Waals surface area contributed by atoms with Crippen molar-refractivity contribution in [3.05, 3.63) is 98.0 Å². The fraction of sp³-hybridized carbons (Fsp3) is 0.372. The number of fused-ring (bicyclic) bond motifs is 4. The van der Waals surface area contributed by atoms with Crippen LogP contribution in [-0.4, -0.2) is 62.3 Å². The van der Waals surface area contributed by atoms with Crippen molar-refractivity contribution in [1.29, 1.82) is 0 Å². The van der Waals surface area contributed by atoms with Crippen LogP contribution in [0.5, 0.6) is 5.75 Å². The number of ether oxygens (including phenoxy) is 2. The standard InChI is InChI=1S/C43H45Cl2N5O5/c1-23-15-29(16-24(2)38(23)45)55-14-8-9-30-31-11-12-33(44)37(36-26(4)46-47(7)27(36)5)39(31)50-25(3)18-49(41(51)40(30)50)35-19-48(20-43(6)21-54-22-43)34-13-10-28(42(52)53)17-32(34)35/h10-13,15-17,19,25H,8-9,14,18,20-22H2,1-7H3,(H,52,53)/t25-/m1/s1. The van der Waals surface area contributed by atoms with Crippen LogP contribution in [0.2, 0.25) is 10.0 Å². The van der Waals surface area contributed by atoms with Gasteiger partial charge in [0.1, 0.15) is 11.4 Å². The SMILES string of the molecule is Cc1cc(OCCCc2c3n(c4c(-c5c(C)nn(C)c5C)c(Cl)ccc24)[C@H](C)CN(c2cn(CC4(C)COC4)c4ccc(C(=O)O)cc24)C3=O)cc(C)c1Cl. The predicted molar refractivity (Wildman–Crippen MR) is 218 cm³/mol. The van der Waals surface area contributed by atoms with Gasteiger partial charge in [0.25, 0.3) is 5.91 Å². The maximum Gasteiger partial charge on any atom is 0.335 e. The Morgan fingerprint density at radius 1 is 1.04 bits per heavy atom. The largest absolute Gasteiger partial charge is 0.494 e. The molecule has 5 heterocycles. The topological polar surface area (TPSA) is 104 Å². The van der Waals surface area contributed by atoms with E-state index in [1.54, 1.807) is 12.1 Å². The number of carbonyl (C=O) groups excluding carboxylic acids is 1. The molecule has 2 aliphatic heterocycles. The molecule has 0 bridgehead atoms. The van der Waals surface area contributed by atoms with Gasteiger partial charge in [-0.05, 0) is 101 Å². The minimum absolute atomic E-state index is 0.0583. The predicted octanol–water partition coefficient (Wildman–Crippen LogP) is 9.50. The zero-order valence-electron chi connectivity index (χ0n) is 32.2. The Bertz CT molecular complexity index is 2540. The van der Waals surface area contributed by atoms with Crippen LogP contribution >= 0.6 is 23.2 Å². The summed E-state index contributed by atoms with van der Waals surface area (Å²) in [5.41, 5.74) is 9.70. The number of benzene rings is 3. The first kappa shape index (κ1) is 37.2. The number of carboxylic acids is 1. The molecule has 1 amide bonds. The second kappa shape index (κ2) is 13.8. The van der Waals surface area contributed by atoms with Crippen LogP contribution in [0.4, 0.5) is 5.69 Å². The Morgan fingerprint density at radius 3 is 2.40 bits per heavy atom. The van der Waals surface area contributed by atoms with Crippen molar-refractivity contribution in [2.45, 2.75) is 67.0 Å². The van der Waals surface area contributed by atoms with E-state index in [1.807, 2.05) is 80.9 Å². The van der Waals surface area contributed by atoms with Crippen molar-refractivity contribution >= 4 is 62.6 Å². The van der Waals surface area contributed by atoms with E-state index in [0.717, 1.165) is 71.8 Å². The molecular formula is C43H45Cl2N5O5. The number of nitrogens with zero attached hydrogens (tertiary/aromatic N) is 5. The number of rotatable bonds is 10. The van der Waals surface area contributed by atoms with E-state index in [2.05, 4.69) is 23.0 Å². The van der Waals surface area contributed by atoms with Crippen LogP contribution in [0.3, 0.4) is 0 Å². The highest BCUT2D eigenvalue weighted by molar-refractivity contribution is 6.35. The van der Waals surface area contributed by atoms with Crippen molar-refractivity contribution in [3.8, 4) is 16.9 Å². The summed E-state index contributed by atoms with van der Waals surface area (Å²) in [7, 11) is 1.93. The van der Waals surface area contributed by atoms with Crippen LogP contribution in [0.15, 0.2) is 48.7 Å². The highest BCUT2D eigenvalue weighted by Gasteiger charge is 2.39. The highest BCUT2D eigenvalue weighted by atomic mass is 35.5. The van der Waals surface area contributed by atoms with Crippen molar-refractivity contribution in [2.75, 3.05) is 31.3 Å². The van der Waals surface area contributed by atoms with Gasteiger partial charge in [-0.2, -0.15) is 5.10 Å². The Kier molecular flexibility index (Phi) is 9.30. The summed E-state index contributed by atoms with van der Waals surface area (Å²) in [5, 5.41) is 17.7. The van der Waals surface area contributed by atoms with Crippen LogP contribution in [0.1, 0.15) is 75.2 Å². The molecule has 1 N–H and O–H groups in total. The van der Waals surface area contributed by atoms with Gasteiger partial charge in [-0.1, -0.05) is 36.2 Å². The summed E-state index contributed by atoms with van der Waals surface area (Å²) in [6.07, 6.45) is 3.24. The highest BCUT2D eigenvalue weighted by Crippen LogP contribution is 2.46. The molecule has 3 aromatic heterocycles. The summed E-state index contributed by atoms with van der Waals surface area (Å²) >= 11 is 13.5. The van der Waals surface area contributed by atoms with E-state index < -0.39 is 5.97 Å². The summed E-state index contributed by atoms with van der Waals surface area (Å²) < 4.78 is 18.0. The number of aryl methyl sites for hydroxylation is 5. The monoisotopic (exact) mass is 781 g/mol. The lowest BCUT2D eigenvalue weighted by atomic mass is 9.88. The number of carbonyl (C=O) groups is 2. The molecule has 8 rings (SSSR count). The quantitative estimate of drug-likeness (QED) is 0.139. The number of hydrogen-bond acceptors (Lipinski definition) is 5. The van der Waals surface area contributed by atoms with Crippen LogP contribution in [0, 0.1) is 33.1 Å². The molecule has 1 saturated heterocycles. The van der Waals surface area contributed by atoms with Crippen molar-refractivity contribution in [2.24, 2.45) is 12.5 Å². The van der Waals surface area contributed by atoms with Gasteiger partial charge in [0, 0.05) is 70.4 Å². The Labute approximate surface area is 330 Å². The maximum atomic E-state index is 15.3. The maximum absolute atomic E-state index is 15.3. The molecule has 12 heteroatoms. The first-order valence-electron chi connectivity index (χ1n) is 18.7. The van der Waals surface area contributed by atoms with E-state index >= 15 is 4.79 Å². The molecule has 6 aromatic rings. The van der Waals surface area contributed by atoms with E-state index in [-0.39, 0.29) is 22.9 Å². The zero-order chi connectivity index (χ0) is 39.1. The molecule has 0 radical (unpaired) electrons. The van der Waals surface area contributed by atoms with Gasteiger partial charge in [-0.25, -0.2) is 4.79 Å². The van der Waals surface area contributed by atoms with Gasteiger partial charge in [0.15, 0.2) is 0 Å². The number of aromatic nitrogens is 4. The number of hydrogen-bond donors (Lipinski definition) is 1. The van der Waals surface area contributed by atoms with Gasteiger partial charge in [0.05, 0.1) is 52.8 Å². The van der Waals surface area contributed by atoms with Crippen molar-refractivity contribution in [3.63, 3.8) is 0 Å². The summed E-state index contributed by atoms with van der Waals surface area (Å²) in [5.74, 6) is -0.402. The van der Waals surface area contributed by atoms with Crippen molar-refractivity contribution in [1.82, 2.24) is 18.9 Å². The summed E-state index contributed by atoms with van der Waals surface area (Å²) in [6, 6.07) is 12.9. The summed E-state index contributed by atoms with van der Waals surface area (Å²) in [6.45, 7) is 15.0. The van der Waals surface area contributed by atoms with E-state index in [1.165, 1.54) is 0 Å². The minimum Gasteiger partial charge on any atom is -0.494 e. The van der Waals surface area contributed by atoms with Crippen LogP contribution in [0.25, 0.3) is 32.9 Å². The molecule has 0 spiro atoms. The molecule has 1 fully saturated rings. The minimum atomic E-state index is -1.02. The fourth-order valence-corrected chi connectivity index (χ4v) is 9.00. The first-order chi connectivity index (χ1) is 26.2. The van der Waals surface area contributed by atoms with Gasteiger partial charge in [-0.3, -0.25) is 9.48 Å². The molecule has 10 nitrogen and oxygen atoms in total. The number of carboxylic acid groups (broad SMARTS) is 1. The number of halogens is 2. The molecule has 286 valence electrons. The summed E-state index contributed by atoms with van der Waals surface area (Å²) in [4.78, 5) is 29.3. The smallest absolute Gasteiger partial charge is 0.335 e. The third-order valence-electron chi connectivity index (χ3n) is 11.4. The molecule has 0 unspecified atom stereocenters. The van der Waals surface area contributed by atoms with E-state index in [0.29, 0.717) is 62.2 Å². The zero-order valence-corrected chi connectivity index (χ0v) is 33.7. The average Bonchev–Trinajstić information content (AvgIpc) is 3.74. The fourth-order valence-electron chi connectivity index (χ4n) is 8.65. The van der Waals surface area contributed by atoms with Gasteiger partial charge >= 0.3 is 5.97 Å². The Balaban J connectivity index is 1.27. The number of amides is 1. The van der Waals surface area contributed by atoms with Gasteiger partial charge < -0.3 is 28.6 Å². The van der Waals surface area contributed by atoms with Gasteiger partial charge in [-0.15, -0.1) is 0 Å². The molecular weight excluding hydrogens is 737 g/mol. The third-order valence-corrected chi connectivity index (χ3v) is 12.3. The Hall–Kier alpha value is -4.77. The second-order valence-corrected chi connectivity index (χ2v) is 16.5. The molecule has 0 saturated carbocycles.